The topological polar surface area (TPSA) is 16.4 Å². The minimum Gasteiger partial charge on any atom is -0.458 e. The van der Waals surface area contributed by atoms with Gasteiger partial charge in [0.05, 0.1) is 5.69 Å². The van der Waals surface area contributed by atoms with Crippen molar-refractivity contribution in [2.24, 2.45) is 7.05 Å². The van der Waals surface area contributed by atoms with Crippen molar-refractivity contribution in [3.63, 3.8) is 0 Å². The van der Waals surface area contributed by atoms with Crippen LogP contribution >= 0.6 is 0 Å². The Kier molecular flexibility index (Phi) is 7.81. The number of nitrogens with zero attached hydrogens (tertiary/aromatic N) is 2. The van der Waals surface area contributed by atoms with Crippen molar-refractivity contribution in [3.05, 3.63) is 137 Å². The lowest BCUT2D eigenvalue weighted by atomic mass is 9.33. The van der Waals surface area contributed by atoms with Gasteiger partial charge in [-0.1, -0.05) is 131 Å². The zero-order valence-electron chi connectivity index (χ0n) is 35.7. The molecule has 0 amide bonds. The van der Waals surface area contributed by atoms with Crippen LogP contribution in [0.3, 0.4) is 0 Å². The summed E-state index contributed by atoms with van der Waals surface area (Å²) in [4.78, 5) is 2.61. The van der Waals surface area contributed by atoms with E-state index in [1.54, 1.807) is 0 Å². The van der Waals surface area contributed by atoms with Crippen molar-refractivity contribution < 1.29 is 9.30 Å². The number of fused-ring (bicyclic) bond motifs is 6. The summed E-state index contributed by atoms with van der Waals surface area (Å²) in [6.07, 6.45) is 2.20. The fourth-order valence-corrected chi connectivity index (χ4v) is 9.40. The van der Waals surface area contributed by atoms with Crippen molar-refractivity contribution in [1.82, 2.24) is 0 Å². The Hall–Kier alpha value is -5.09. The molecule has 9 rings (SSSR count). The lowest BCUT2D eigenvalue weighted by Crippen LogP contribution is -2.61. The Balaban J connectivity index is 1.39. The summed E-state index contributed by atoms with van der Waals surface area (Å²) in [7, 11) is 2.14. The number of ether oxygens (including phenoxy) is 1. The van der Waals surface area contributed by atoms with Crippen LogP contribution in [0.25, 0.3) is 22.4 Å². The molecule has 282 valence electrons. The monoisotopic (exact) mass is 735 g/mol. The molecule has 1 aromatic heterocycles. The molecule has 3 nitrogen and oxygen atoms in total. The summed E-state index contributed by atoms with van der Waals surface area (Å²) in [6, 6.07) is 37.3. The van der Waals surface area contributed by atoms with Gasteiger partial charge in [0.1, 0.15) is 18.5 Å². The van der Waals surface area contributed by atoms with Gasteiger partial charge in [-0.25, -0.2) is 4.57 Å². The minimum atomic E-state index is -0.228. The summed E-state index contributed by atoms with van der Waals surface area (Å²) in [5.41, 5.74) is 20.3. The summed E-state index contributed by atoms with van der Waals surface area (Å²) >= 11 is 0. The molecule has 4 heteroatoms. The summed E-state index contributed by atoms with van der Waals surface area (Å²) < 4.78 is 9.36. The Labute approximate surface area is 335 Å². The number of aryl methyl sites for hydroxylation is 2. The van der Waals surface area contributed by atoms with E-state index < -0.39 is 0 Å². The van der Waals surface area contributed by atoms with E-state index in [0.717, 1.165) is 17.1 Å². The van der Waals surface area contributed by atoms with Gasteiger partial charge in [0.25, 0.3) is 6.71 Å². The highest BCUT2D eigenvalue weighted by atomic mass is 16.5. The highest BCUT2D eigenvalue weighted by Gasteiger charge is 2.49. The molecule has 0 radical (unpaired) electrons. The third kappa shape index (κ3) is 5.50. The van der Waals surface area contributed by atoms with E-state index in [1.165, 1.54) is 83.7 Å². The predicted molar refractivity (Wildman–Crippen MR) is 237 cm³/mol. The van der Waals surface area contributed by atoms with Crippen LogP contribution in [0.5, 0.6) is 11.5 Å². The third-order valence-electron chi connectivity index (χ3n) is 13.0. The molecule has 3 aliphatic heterocycles. The highest BCUT2D eigenvalue weighted by Crippen LogP contribution is 2.55. The van der Waals surface area contributed by atoms with Crippen LogP contribution < -0.4 is 30.6 Å². The van der Waals surface area contributed by atoms with Crippen LogP contribution in [0, 0.1) is 6.92 Å². The van der Waals surface area contributed by atoms with Gasteiger partial charge in [-0.05, 0) is 114 Å². The van der Waals surface area contributed by atoms with E-state index in [1.807, 2.05) is 0 Å². The second-order valence-electron chi connectivity index (χ2n) is 20.3. The lowest BCUT2D eigenvalue weighted by Gasteiger charge is -2.49. The molecule has 0 bridgehead atoms. The van der Waals surface area contributed by atoms with E-state index in [2.05, 4.69) is 203 Å². The Bertz CT molecular complexity index is 2630. The van der Waals surface area contributed by atoms with Gasteiger partial charge in [-0.2, -0.15) is 0 Å². The summed E-state index contributed by atoms with van der Waals surface area (Å²) in [5.74, 6) is 1.89. The predicted octanol–water partition coefficient (Wildman–Crippen LogP) is 11.1. The molecule has 0 spiro atoms. The Morgan fingerprint density at radius 3 is 1.95 bits per heavy atom. The molecule has 5 aromatic carbocycles. The molecular weight excluding hydrogens is 679 g/mol. The first-order valence-electron chi connectivity index (χ1n) is 20.4. The van der Waals surface area contributed by atoms with Crippen molar-refractivity contribution in [1.29, 1.82) is 0 Å². The van der Waals surface area contributed by atoms with Crippen LogP contribution in [0.4, 0.5) is 17.1 Å². The number of pyridine rings is 1. The fourth-order valence-electron chi connectivity index (χ4n) is 9.40. The molecule has 0 aliphatic carbocycles. The SMILES string of the molecule is Cc1ccccc1-c1cc(-c2cc3c4c(c2)N2c5ccc(C(C)(C)C)cc5C(C)(C)c5cc(C(C)(C)C)cc(c52)B4c2cc(C(C)(C)C)ccc2O3)cc[n+]1C. The van der Waals surface area contributed by atoms with Gasteiger partial charge in [0, 0.05) is 34.5 Å². The van der Waals surface area contributed by atoms with E-state index in [9.17, 15) is 0 Å². The van der Waals surface area contributed by atoms with Crippen LogP contribution in [0.1, 0.15) is 110 Å². The van der Waals surface area contributed by atoms with E-state index in [-0.39, 0.29) is 28.4 Å². The quantitative estimate of drug-likeness (QED) is 0.130. The average Bonchev–Trinajstić information content (AvgIpc) is 3.12. The number of benzene rings is 5. The molecule has 6 aromatic rings. The number of anilines is 3. The van der Waals surface area contributed by atoms with Gasteiger partial charge >= 0.3 is 0 Å². The van der Waals surface area contributed by atoms with Crippen molar-refractivity contribution in [2.75, 3.05) is 4.90 Å². The van der Waals surface area contributed by atoms with Crippen LogP contribution in [0.15, 0.2) is 103 Å². The largest absolute Gasteiger partial charge is 0.458 e. The molecule has 0 saturated carbocycles. The first kappa shape index (κ1) is 36.5. The highest BCUT2D eigenvalue weighted by molar-refractivity contribution is 6.99. The zero-order chi connectivity index (χ0) is 39.9. The first-order valence-corrected chi connectivity index (χ1v) is 20.4. The lowest BCUT2D eigenvalue weighted by molar-refractivity contribution is -0.660. The Morgan fingerprint density at radius 1 is 0.607 bits per heavy atom. The van der Waals surface area contributed by atoms with Gasteiger partial charge in [-0.15, -0.1) is 0 Å². The molecule has 56 heavy (non-hydrogen) atoms. The van der Waals surface area contributed by atoms with Crippen LogP contribution in [-0.4, -0.2) is 6.71 Å². The van der Waals surface area contributed by atoms with Crippen molar-refractivity contribution >= 4 is 40.2 Å². The fraction of sp³-hybridized carbons (Fsp3) is 0.327. The second kappa shape index (κ2) is 12.0. The number of hydrogen-bond acceptors (Lipinski definition) is 2. The molecule has 0 N–H and O–H groups in total. The molecule has 0 atom stereocenters. The summed E-state index contributed by atoms with van der Waals surface area (Å²) in [5, 5.41) is 0. The molecule has 3 aliphatic rings. The maximum Gasteiger partial charge on any atom is 0.256 e. The molecule has 0 unspecified atom stereocenters. The standard InChI is InChI=1S/C52H56BN2O/c1-31-16-14-15-17-37(31)43-24-32(22-23-54(43)13)33-25-44-47-46(26-33)56-45-21-19-35(50(5,6)7)29-40(45)53(47)41-30-36(51(8,9)10)28-39-48(41)55(44)42-20-18-34(49(2,3)4)27-38(42)52(39,11)12/h14-30H,1-13H3/q+1. The number of hydrogen-bond donors (Lipinski definition) is 0. The second-order valence-corrected chi connectivity index (χ2v) is 20.3. The smallest absolute Gasteiger partial charge is 0.256 e. The first-order chi connectivity index (χ1) is 26.2. The molecule has 4 heterocycles. The van der Waals surface area contributed by atoms with Crippen LogP contribution in [0.2, 0.25) is 0 Å². The van der Waals surface area contributed by atoms with Crippen molar-refractivity contribution in [2.45, 2.75) is 105 Å². The van der Waals surface area contributed by atoms with Gasteiger partial charge in [-0.3, -0.25) is 0 Å². The number of rotatable bonds is 2. The van der Waals surface area contributed by atoms with Crippen molar-refractivity contribution in [3.8, 4) is 33.9 Å². The normalized spacial score (nSPS) is 15.1. The van der Waals surface area contributed by atoms with Crippen LogP contribution in [-0.2, 0) is 28.7 Å². The van der Waals surface area contributed by atoms with E-state index >= 15 is 0 Å². The summed E-state index contributed by atoms with van der Waals surface area (Å²) in [6.45, 7) is 28.1. The zero-order valence-corrected chi connectivity index (χ0v) is 35.7. The van der Waals surface area contributed by atoms with Gasteiger partial charge in [0.15, 0.2) is 6.20 Å². The minimum absolute atomic E-state index is 0.000653. The van der Waals surface area contributed by atoms with Gasteiger partial charge < -0.3 is 9.64 Å². The maximum atomic E-state index is 7.13. The Morgan fingerprint density at radius 2 is 1.25 bits per heavy atom. The van der Waals surface area contributed by atoms with E-state index in [4.69, 9.17) is 4.74 Å². The average molecular weight is 736 g/mol. The maximum absolute atomic E-state index is 7.13. The van der Waals surface area contributed by atoms with E-state index in [0.29, 0.717) is 0 Å². The molecule has 0 saturated heterocycles. The van der Waals surface area contributed by atoms with Gasteiger partial charge in [0.2, 0.25) is 5.69 Å². The molecule has 0 fully saturated rings. The third-order valence-corrected chi connectivity index (χ3v) is 13.0. The molecular formula is C52H56BN2O+. The number of aromatic nitrogens is 1.